The predicted octanol–water partition coefficient (Wildman–Crippen LogP) is -0.665. The number of nitrogens with two attached hydrogens (primary N) is 1. The first kappa shape index (κ1) is 8.01. The van der Waals surface area contributed by atoms with Crippen molar-refractivity contribution in [3.05, 3.63) is 0 Å². The molecule has 1 amide bonds. The fourth-order valence-electron chi connectivity index (χ4n) is 1.67. The van der Waals surface area contributed by atoms with Crippen molar-refractivity contribution in [3.8, 4) is 0 Å². The first-order valence-electron chi connectivity index (χ1n) is 4.43. The Hall–Kier alpha value is -0.610. The first-order chi connectivity index (χ1) is 5.77. The van der Waals surface area contributed by atoms with Crippen LogP contribution in [0.3, 0.4) is 0 Å². The number of nitrogens with zero attached hydrogens (tertiary/aromatic N) is 1. The van der Waals surface area contributed by atoms with Crippen LogP contribution in [0.25, 0.3) is 0 Å². The molecular formula is C8H14N2O2. The van der Waals surface area contributed by atoms with E-state index in [1.165, 1.54) is 0 Å². The zero-order valence-electron chi connectivity index (χ0n) is 7.03. The van der Waals surface area contributed by atoms with Gasteiger partial charge >= 0.3 is 0 Å². The number of amides is 1. The largest absolute Gasteiger partial charge is 0.368 e. The molecule has 2 N–H and O–H groups in total. The van der Waals surface area contributed by atoms with E-state index in [0.29, 0.717) is 13.1 Å². The monoisotopic (exact) mass is 170 g/mol. The van der Waals surface area contributed by atoms with Gasteiger partial charge in [0, 0.05) is 25.7 Å². The Morgan fingerprint density at radius 1 is 1.50 bits per heavy atom. The van der Waals surface area contributed by atoms with Crippen LogP contribution >= 0.6 is 0 Å². The number of likely N-dealkylation sites (tertiary alicyclic amines) is 1. The summed E-state index contributed by atoms with van der Waals surface area (Å²) in [4.78, 5) is 13.3. The number of ether oxygens (including phenoxy) is 1. The first-order valence-corrected chi connectivity index (χ1v) is 4.43. The molecule has 2 heterocycles. The van der Waals surface area contributed by atoms with Crippen molar-refractivity contribution in [1.82, 2.24) is 4.90 Å². The minimum atomic E-state index is -0.169. The quantitative estimate of drug-likeness (QED) is 0.568. The molecule has 68 valence electrons. The summed E-state index contributed by atoms with van der Waals surface area (Å²) in [5.74, 6) is 0.134. The lowest BCUT2D eigenvalue weighted by Crippen LogP contribution is -2.59. The Morgan fingerprint density at radius 2 is 2.25 bits per heavy atom. The Kier molecular flexibility index (Phi) is 2.02. The standard InChI is InChI=1S/C8H14N2O2/c9-6-4-10(5-6)8(11)7-2-1-3-12-7/h6-7H,1-5,9H2/t7-/m0/s1. The second kappa shape index (κ2) is 3.03. The van der Waals surface area contributed by atoms with Crippen LogP contribution in [0.2, 0.25) is 0 Å². The number of hydrogen-bond acceptors (Lipinski definition) is 3. The van der Waals surface area contributed by atoms with E-state index in [-0.39, 0.29) is 18.1 Å². The molecule has 1 atom stereocenters. The fraction of sp³-hybridized carbons (Fsp3) is 0.875. The fourth-order valence-corrected chi connectivity index (χ4v) is 1.67. The summed E-state index contributed by atoms with van der Waals surface area (Å²) >= 11 is 0. The molecule has 0 aromatic heterocycles. The molecular weight excluding hydrogens is 156 g/mol. The third-order valence-corrected chi connectivity index (χ3v) is 2.43. The number of carbonyl (C=O) groups is 1. The minimum absolute atomic E-state index is 0.134. The van der Waals surface area contributed by atoms with Gasteiger partial charge in [-0.05, 0) is 12.8 Å². The van der Waals surface area contributed by atoms with Gasteiger partial charge in [0.2, 0.25) is 0 Å². The highest BCUT2D eigenvalue weighted by Crippen LogP contribution is 2.17. The Bertz CT molecular complexity index is 183. The SMILES string of the molecule is NC1CN(C(=O)[C@@H]2CCCO2)C1. The van der Waals surface area contributed by atoms with Gasteiger partial charge in [0.1, 0.15) is 6.10 Å². The van der Waals surface area contributed by atoms with E-state index in [1.807, 2.05) is 0 Å². The molecule has 12 heavy (non-hydrogen) atoms. The van der Waals surface area contributed by atoms with Crippen molar-refractivity contribution < 1.29 is 9.53 Å². The van der Waals surface area contributed by atoms with Crippen molar-refractivity contribution in [1.29, 1.82) is 0 Å². The van der Waals surface area contributed by atoms with Gasteiger partial charge in [-0.15, -0.1) is 0 Å². The van der Waals surface area contributed by atoms with Gasteiger partial charge in [0.15, 0.2) is 0 Å². The molecule has 4 heteroatoms. The topological polar surface area (TPSA) is 55.6 Å². The summed E-state index contributed by atoms with van der Waals surface area (Å²) in [6.07, 6.45) is 1.72. The van der Waals surface area contributed by atoms with Crippen molar-refractivity contribution >= 4 is 5.91 Å². The van der Waals surface area contributed by atoms with Crippen molar-refractivity contribution in [2.45, 2.75) is 25.0 Å². The lowest BCUT2D eigenvalue weighted by atomic mass is 10.1. The van der Waals surface area contributed by atoms with Crippen LogP contribution in [0.5, 0.6) is 0 Å². The zero-order valence-corrected chi connectivity index (χ0v) is 7.03. The van der Waals surface area contributed by atoms with E-state index in [2.05, 4.69) is 0 Å². The molecule has 0 spiro atoms. The molecule has 2 saturated heterocycles. The van der Waals surface area contributed by atoms with Crippen LogP contribution in [-0.4, -0.2) is 42.6 Å². The van der Waals surface area contributed by atoms with Crippen molar-refractivity contribution in [3.63, 3.8) is 0 Å². The molecule has 0 bridgehead atoms. The molecule has 0 aliphatic carbocycles. The molecule has 0 saturated carbocycles. The molecule has 0 aromatic rings. The number of hydrogen-bond donors (Lipinski definition) is 1. The highest BCUT2D eigenvalue weighted by atomic mass is 16.5. The molecule has 4 nitrogen and oxygen atoms in total. The van der Waals surface area contributed by atoms with Crippen molar-refractivity contribution in [2.24, 2.45) is 5.73 Å². The third-order valence-electron chi connectivity index (χ3n) is 2.43. The highest BCUT2D eigenvalue weighted by molar-refractivity contribution is 5.82. The molecule has 0 unspecified atom stereocenters. The summed E-state index contributed by atoms with van der Waals surface area (Å²) < 4.78 is 5.27. The Balaban J connectivity index is 1.83. The lowest BCUT2D eigenvalue weighted by Gasteiger charge is -2.38. The summed E-state index contributed by atoms with van der Waals surface area (Å²) in [5, 5.41) is 0. The van der Waals surface area contributed by atoms with Gasteiger partial charge in [-0.2, -0.15) is 0 Å². The lowest BCUT2D eigenvalue weighted by molar-refractivity contribution is -0.145. The van der Waals surface area contributed by atoms with E-state index in [1.54, 1.807) is 4.90 Å². The van der Waals surface area contributed by atoms with Gasteiger partial charge in [-0.25, -0.2) is 0 Å². The van der Waals surface area contributed by atoms with Gasteiger partial charge in [0.25, 0.3) is 5.91 Å². The minimum Gasteiger partial charge on any atom is -0.368 e. The second-order valence-corrected chi connectivity index (χ2v) is 3.50. The zero-order chi connectivity index (χ0) is 8.55. The second-order valence-electron chi connectivity index (χ2n) is 3.50. The van der Waals surface area contributed by atoms with E-state index in [0.717, 1.165) is 19.4 Å². The molecule has 2 aliphatic rings. The third kappa shape index (κ3) is 1.32. The van der Waals surface area contributed by atoms with Crippen molar-refractivity contribution in [2.75, 3.05) is 19.7 Å². The molecule has 0 radical (unpaired) electrons. The van der Waals surface area contributed by atoms with Gasteiger partial charge in [-0.1, -0.05) is 0 Å². The van der Waals surface area contributed by atoms with Crippen LogP contribution in [0.15, 0.2) is 0 Å². The van der Waals surface area contributed by atoms with Crippen LogP contribution in [0.1, 0.15) is 12.8 Å². The van der Waals surface area contributed by atoms with Crippen LogP contribution in [0, 0.1) is 0 Å². The molecule has 2 fully saturated rings. The van der Waals surface area contributed by atoms with E-state index >= 15 is 0 Å². The van der Waals surface area contributed by atoms with Gasteiger partial charge in [-0.3, -0.25) is 4.79 Å². The average Bonchev–Trinajstić information content (AvgIpc) is 2.49. The Morgan fingerprint density at radius 3 is 2.75 bits per heavy atom. The normalized spacial score (nSPS) is 30.4. The Labute approximate surface area is 71.7 Å². The average molecular weight is 170 g/mol. The van der Waals surface area contributed by atoms with Gasteiger partial charge in [0.05, 0.1) is 0 Å². The van der Waals surface area contributed by atoms with E-state index in [9.17, 15) is 4.79 Å². The number of rotatable bonds is 1. The van der Waals surface area contributed by atoms with Crippen LogP contribution < -0.4 is 5.73 Å². The maximum atomic E-state index is 11.5. The van der Waals surface area contributed by atoms with Crippen LogP contribution in [0.4, 0.5) is 0 Å². The molecule has 0 aromatic carbocycles. The summed E-state index contributed by atoms with van der Waals surface area (Å²) in [6, 6.07) is 0.190. The van der Waals surface area contributed by atoms with Crippen LogP contribution in [-0.2, 0) is 9.53 Å². The van der Waals surface area contributed by atoms with E-state index < -0.39 is 0 Å². The smallest absolute Gasteiger partial charge is 0.251 e. The predicted molar refractivity (Wildman–Crippen MR) is 43.5 cm³/mol. The molecule has 2 rings (SSSR count). The maximum absolute atomic E-state index is 11.5. The summed E-state index contributed by atoms with van der Waals surface area (Å²) in [7, 11) is 0. The maximum Gasteiger partial charge on any atom is 0.251 e. The summed E-state index contributed by atoms with van der Waals surface area (Å²) in [6.45, 7) is 2.15. The van der Waals surface area contributed by atoms with E-state index in [4.69, 9.17) is 10.5 Å². The van der Waals surface area contributed by atoms with Gasteiger partial charge < -0.3 is 15.4 Å². The number of carbonyl (C=O) groups excluding carboxylic acids is 1. The molecule has 2 aliphatic heterocycles. The summed E-state index contributed by atoms with van der Waals surface area (Å²) in [5.41, 5.74) is 5.57. The highest BCUT2D eigenvalue weighted by Gasteiger charge is 2.34.